The van der Waals surface area contributed by atoms with Crippen LogP contribution in [0, 0.1) is 0 Å². The molecule has 0 heterocycles. The van der Waals surface area contributed by atoms with Crippen LogP contribution in [-0.4, -0.2) is 21.2 Å². The average molecular weight is 260 g/mol. The summed E-state index contributed by atoms with van der Waals surface area (Å²) in [6.45, 7) is 0. The van der Waals surface area contributed by atoms with E-state index in [-0.39, 0.29) is 36.5 Å². The van der Waals surface area contributed by atoms with E-state index in [1.807, 2.05) is 0 Å². The number of hydrogen-bond acceptors (Lipinski definition) is 7. The maximum Gasteiger partial charge on any atom is 1.00 e. The molecule has 0 unspecified atom stereocenters. The quantitative estimate of drug-likeness (QED) is 0.196. The fourth-order valence-corrected chi connectivity index (χ4v) is 0.544. The summed E-state index contributed by atoms with van der Waals surface area (Å²) in [5, 5.41) is 0. The van der Waals surface area contributed by atoms with Gasteiger partial charge in [-0.2, -0.15) is 0 Å². The van der Waals surface area contributed by atoms with E-state index in [4.69, 9.17) is 0 Å². The van der Waals surface area contributed by atoms with Gasteiger partial charge in [-0.3, -0.25) is 0 Å². The first-order valence-corrected chi connectivity index (χ1v) is 4.18. The molecule has 4 nitrogen and oxygen atoms in total. The first-order valence-electron chi connectivity index (χ1n) is 2.12. The van der Waals surface area contributed by atoms with Gasteiger partial charge in [0.05, 0.1) is 0 Å². The Labute approximate surface area is 116 Å². The van der Waals surface area contributed by atoms with E-state index < -0.39 is 15.7 Å². The summed E-state index contributed by atoms with van der Waals surface area (Å²) in [5.74, 6) is 0. The molecule has 0 spiro atoms. The number of carbonyl (C=O) groups excluding carboxylic acids is 1. The van der Waals surface area contributed by atoms with E-state index in [1.54, 1.807) is 0 Å². The molecule has 0 aromatic rings. The second-order valence-corrected chi connectivity index (χ2v) is 3.83. The van der Waals surface area contributed by atoms with Gasteiger partial charge in [0.1, 0.15) is 0 Å². The van der Waals surface area contributed by atoms with Crippen LogP contribution in [0.2, 0.25) is 0 Å². The topological polar surface area (TPSA) is 67.0 Å². The van der Waals surface area contributed by atoms with Gasteiger partial charge in [0, 0.05) is 0 Å². The molecule has 0 aromatic heterocycles. The molecule has 0 bridgehead atoms. The van der Waals surface area contributed by atoms with Gasteiger partial charge in [-0.05, 0) is 0 Å². The minimum atomic E-state index is -0.898. The van der Waals surface area contributed by atoms with Crippen LogP contribution in [0.3, 0.4) is 0 Å². The van der Waals surface area contributed by atoms with Crippen molar-refractivity contribution < 1.29 is 50.7 Å². The van der Waals surface area contributed by atoms with E-state index in [0.717, 1.165) is 0 Å². The fraction of sp³-hybridized carbons (Fsp3) is 0.667. The van der Waals surface area contributed by atoms with Crippen LogP contribution in [0.1, 0.15) is 1.43 Å². The standard InChI is InChI=1S/C3H6O3S4.Na.H2O.H/c4-1(5-2(7)8)6-3(9)10;;;/h2-3,7-10H;;1H2;/q;+1;;-1. The van der Waals surface area contributed by atoms with Crippen LogP contribution in [0.4, 0.5) is 4.79 Å². The van der Waals surface area contributed by atoms with Crippen LogP contribution in [0.5, 0.6) is 0 Å². The molecule has 0 amide bonds. The first kappa shape index (κ1) is 19.2. The molecule has 0 rings (SSSR count). The Balaban J connectivity index is -0.000000135. The van der Waals surface area contributed by atoms with Crippen LogP contribution in [0.15, 0.2) is 0 Å². The minimum Gasteiger partial charge on any atom is -1.00 e. The first-order chi connectivity index (χ1) is 4.52. The summed E-state index contributed by atoms with van der Waals surface area (Å²) in [5.41, 5.74) is 0. The molecule has 0 aliphatic rings. The Kier molecular flexibility index (Phi) is 17.2. The van der Waals surface area contributed by atoms with E-state index in [1.165, 1.54) is 0 Å². The Hall–Kier alpha value is 1.63. The van der Waals surface area contributed by atoms with Crippen molar-refractivity contribution in [2.24, 2.45) is 0 Å². The van der Waals surface area contributed by atoms with Crippen LogP contribution >= 0.6 is 50.5 Å². The number of carbonyl (C=O) groups is 1. The number of ether oxygens (including phenoxy) is 2. The zero-order valence-electron chi connectivity index (χ0n) is 7.17. The molecular weight excluding hydrogens is 251 g/mol. The van der Waals surface area contributed by atoms with Gasteiger partial charge >= 0.3 is 35.7 Å². The van der Waals surface area contributed by atoms with Gasteiger partial charge in [-0.25, -0.2) is 4.79 Å². The molecule has 0 aliphatic carbocycles. The van der Waals surface area contributed by atoms with Gasteiger partial charge in [0.25, 0.3) is 0 Å². The maximum absolute atomic E-state index is 10.4. The van der Waals surface area contributed by atoms with Gasteiger partial charge in [0.2, 0.25) is 0 Å². The second-order valence-electron chi connectivity index (χ2n) is 1.14. The Morgan fingerprint density at radius 2 is 1.33 bits per heavy atom. The molecule has 0 aliphatic heterocycles. The molecule has 0 radical (unpaired) electrons. The predicted molar refractivity (Wildman–Crippen MR) is 55.8 cm³/mol. The Morgan fingerprint density at radius 1 is 1.08 bits per heavy atom. The van der Waals surface area contributed by atoms with Gasteiger partial charge in [-0.15, -0.1) is 50.5 Å². The molecule has 2 N–H and O–H groups in total. The summed E-state index contributed by atoms with van der Waals surface area (Å²) < 4.78 is 7.09. The van der Waals surface area contributed by atoms with E-state index in [9.17, 15) is 4.79 Å². The zero-order chi connectivity index (χ0) is 8.15. The van der Waals surface area contributed by atoms with E-state index in [0.29, 0.717) is 0 Å². The molecule has 0 fully saturated rings. The summed E-state index contributed by atoms with van der Waals surface area (Å²) in [7, 11) is 0. The largest absolute Gasteiger partial charge is 1.00 e. The van der Waals surface area contributed by atoms with Crippen LogP contribution in [-0.2, 0) is 9.47 Å². The third-order valence-corrected chi connectivity index (χ3v) is 0.825. The molecule has 0 saturated carbocycles. The van der Waals surface area contributed by atoms with E-state index >= 15 is 0 Å². The molecule has 0 saturated heterocycles. The Morgan fingerprint density at radius 3 is 1.50 bits per heavy atom. The fourth-order valence-electron chi connectivity index (χ4n) is 0.200. The molecular formula is C3H9NaO4S4. The van der Waals surface area contributed by atoms with Crippen molar-refractivity contribution in [1.29, 1.82) is 0 Å². The number of hydrogen-bond donors (Lipinski definition) is 4. The van der Waals surface area contributed by atoms with Crippen LogP contribution in [0.25, 0.3) is 0 Å². The zero-order valence-corrected chi connectivity index (χ0v) is 11.7. The Bertz CT molecular complexity index is 114. The predicted octanol–water partition coefficient (Wildman–Crippen LogP) is -2.28. The van der Waals surface area contributed by atoms with Gasteiger partial charge in [-0.1, -0.05) is 0 Å². The molecule has 12 heavy (non-hydrogen) atoms. The van der Waals surface area contributed by atoms with Crippen molar-refractivity contribution in [2.45, 2.75) is 9.54 Å². The normalized spacial score (nSPS) is 8.50. The van der Waals surface area contributed by atoms with Crippen molar-refractivity contribution in [3.8, 4) is 0 Å². The summed E-state index contributed by atoms with van der Waals surface area (Å²) in [6, 6.07) is 0. The molecule has 70 valence electrons. The average Bonchev–Trinajstić information content (AvgIpc) is 1.58. The van der Waals surface area contributed by atoms with Crippen molar-refractivity contribution >= 4 is 56.7 Å². The van der Waals surface area contributed by atoms with Crippen molar-refractivity contribution in [3.63, 3.8) is 0 Å². The third-order valence-electron chi connectivity index (χ3n) is 0.403. The molecule has 9 heteroatoms. The number of rotatable bonds is 2. The summed E-state index contributed by atoms with van der Waals surface area (Å²) in [6.07, 6.45) is -0.898. The minimum absolute atomic E-state index is 0. The smallest absolute Gasteiger partial charge is 1.00 e. The molecule has 0 atom stereocenters. The summed E-state index contributed by atoms with van der Waals surface area (Å²) >= 11 is 14.6. The van der Waals surface area contributed by atoms with E-state index in [2.05, 4.69) is 60.0 Å². The van der Waals surface area contributed by atoms with Crippen molar-refractivity contribution in [1.82, 2.24) is 0 Å². The van der Waals surface area contributed by atoms with Crippen molar-refractivity contribution in [3.05, 3.63) is 0 Å². The second kappa shape index (κ2) is 10.7. The van der Waals surface area contributed by atoms with Crippen molar-refractivity contribution in [2.75, 3.05) is 0 Å². The third kappa shape index (κ3) is 14.2. The van der Waals surface area contributed by atoms with Gasteiger partial charge in [0.15, 0.2) is 9.54 Å². The maximum atomic E-state index is 10.4. The number of thiol groups is 4. The monoisotopic (exact) mass is 260 g/mol. The van der Waals surface area contributed by atoms with Crippen LogP contribution < -0.4 is 29.6 Å². The summed E-state index contributed by atoms with van der Waals surface area (Å²) in [4.78, 5) is 10.4. The van der Waals surface area contributed by atoms with Gasteiger partial charge < -0.3 is 16.4 Å². The molecule has 0 aromatic carbocycles. The SMILES string of the molecule is O.O=C(OC(S)S)OC(S)S.[H-].[Na+].